The molecule has 3 N–H and O–H groups in total. The molecule has 1 rings (SSSR count). The number of ether oxygens (including phenoxy) is 1. The normalized spacial score (nSPS) is 8.75. The highest BCUT2D eigenvalue weighted by Crippen LogP contribution is 2.07. The molecular weight excluding hydrogens is 178 g/mol. The molecule has 0 amide bonds. The average molecular weight is 190 g/mol. The van der Waals surface area contributed by atoms with Gasteiger partial charge in [0.05, 0.1) is 0 Å². The van der Waals surface area contributed by atoms with Crippen molar-refractivity contribution in [2.45, 2.75) is 0 Å². The van der Waals surface area contributed by atoms with Crippen LogP contribution in [-0.4, -0.2) is 13.2 Å². The first-order chi connectivity index (χ1) is 5.43. The number of quaternary nitrogens is 1. The van der Waals surface area contributed by atoms with Gasteiger partial charge < -0.3 is 17.1 Å². The molecule has 0 aliphatic carbocycles. The Morgan fingerprint density at radius 2 is 1.75 bits per heavy atom. The highest BCUT2D eigenvalue weighted by atomic mass is 35.5. The van der Waals surface area contributed by atoms with Crippen LogP contribution >= 0.6 is 0 Å². The molecule has 4 heteroatoms. The third-order valence-corrected chi connectivity index (χ3v) is 1.24. The summed E-state index contributed by atoms with van der Waals surface area (Å²) >= 11 is 0. The van der Waals surface area contributed by atoms with Crippen LogP contribution in [-0.2, 0) is 4.84 Å². The second kappa shape index (κ2) is 6.91. The first-order valence-electron chi connectivity index (χ1n) is 3.48. The lowest BCUT2D eigenvalue weighted by Crippen LogP contribution is -3.00. The number of para-hydroxylation sites is 1. The van der Waals surface area contributed by atoms with Gasteiger partial charge in [0.2, 0.25) is 0 Å². The molecule has 68 valence electrons. The molecule has 0 bridgehead atoms. The zero-order valence-corrected chi connectivity index (χ0v) is 7.46. The second-order valence-electron chi connectivity index (χ2n) is 2.07. The topological polar surface area (TPSA) is 46.1 Å². The minimum absolute atomic E-state index is 0. The SMILES string of the molecule is [Cl-].[NH3+]OCCOc1ccccc1. The Morgan fingerprint density at radius 1 is 1.08 bits per heavy atom. The molecular formula is C8H12ClNO2. The Balaban J connectivity index is 0.00000121. The fourth-order valence-electron chi connectivity index (χ4n) is 0.735. The fourth-order valence-corrected chi connectivity index (χ4v) is 0.735. The van der Waals surface area contributed by atoms with Crippen molar-refractivity contribution in [3.05, 3.63) is 30.3 Å². The molecule has 12 heavy (non-hydrogen) atoms. The maximum Gasteiger partial charge on any atom is 0.140 e. The van der Waals surface area contributed by atoms with E-state index in [2.05, 4.69) is 10.7 Å². The fraction of sp³-hybridized carbons (Fsp3) is 0.250. The van der Waals surface area contributed by atoms with Crippen molar-refractivity contribution in [3.8, 4) is 5.75 Å². The van der Waals surface area contributed by atoms with Crippen molar-refractivity contribution in [2.24, 2.45) is 0 Å². The molecule has 0 fully saturated rings. The van der Waals surface area contributed by atoms with Crippen LogP contribution in [0.15, 0.2) is 30.3 Å². The van der Waals surface area contributed by atoms with Gasteiger partial charge in [-0.25, -0.2) is 10.7 Å². The van der Waals surface area contributed by atoms with E-state index in [1.54, 1.807) is 0 Å². The third kappa shape index (κ3) is 4.18. The van der Waals surface area contributed by atoms with Gasteiger partial charge in [-0.3, -0.25) is 0 Å². The summed E-state index contributed by atoms with van der Waals surface area (Å²) in [4.78, 5) is 4.59. The number of halogens is 1. The molecule has 0 spiro atoms. The Kier molecular flexibility index (Phi) is 6.47. The molecule has 0 saturated carbocycles. The zero-order valence-electron chi connectivity index (χ0n) is 6.70. The summed E-state index contributed by atoms with van der Waals surface area (Å²) < 4.78 is 5.28. The van der Waals surface area contributed by atoms with Crippen molar-refractivity contribution in [3.63, 3.8) is 0 Å². The summed E-state index contributed by atoms with van der Waals surface area (Å²) in [5.41, 5.74) is 0. The average Bonchev–Trinajstić information content (AvgIpc) is 2.07. The van der Waals surface area contributed by atoms with Gasteiger partial charge in [0.15, 0.2) is 0 Å². The number of rotatable bonds is 4. The van der Waals surface area contributed by atoms with Crippen LogP contribution in [0.25, 0.3) is 0 Å². The van der Waals surface area contributed by atoms with Crippen LogP contribution in [0.4, 0.5) is 0 Å². The summed E-state index contributed by atoms with van der Waals surface area (Å²) in [6.07, 6.45) is 0. The quantitative estimate of drug-likeness (QED) is 0.412. The standard InChI is InChI=1S/C8H12NO2.ClH/c9-11-7-6-10-8-4-2-1-3-5-8;/h1-5H,6-7H2,9H3;1H/q+1;/p-1. The molecule has 0 atom stereocenters. The van der Waals surface area contributed by atoms with Crippen LogP contribution in [0.1, 0.15) is 0 Å². The summed E-state index contributed by atoms with van der Waals surface area (Å²) in [5.74, 6) is 4.10. The van der Waals surface area contributed by atoms with Gasteiger partial charge in [-0.1, -0.05) is 18.2 Å². The van der Waals surface area contributed by atoms with E-state index in [1.807, 2.05) is 30.3 Å². The number of hydrogen-bond donors (Lipinski definition) is 1. The largest absolute Gasteiger partial charge is 1.00 e. The summed E-state index contributed by atoms with van der Waals surface area (Å²) in [6, 6.07) is 9.62. The Labute approximate surface area is 77.8 Å². The Hall–Kier alpha value is -0.770. The molecule has 0 heterocycles. The summed E-state index contributed by atoms with van der Waals surface area (Å²) in [7, 11) is 0. The van der Waals surface area contributed by atoms with E-state index in [1.165, 1.54) is 0 Å². The molecule has 0 radical (unpaired) electrons. The lowest BCUT2D eigenvalue weighted by molar-refractivity contribution is -0.689. The monoisotopic (exact) mass is 189 g/mol. The third-order valence-electron chi connectivity index (χ3n) is 1.24. The van der Waals surface area contributed by atoms with Gasteiger partial charge in [0.25, 0.3) is 0 Å². The molecule has 1 aromatic rings. The predicted molar refractivity (Wildman–Crippen MR) is 40.8 cm³/mol. The lowest BCUT2D eigenvalue weighted by atomic mass is 10.3. The van der Waals surface area contributed by atoms with Crippen molar-refractivity contribution < 1.29 is 27.9 Å². The van der Waals surface area contributed by atoms with E-state index in [9.17, 15) is 0 Å². The molecule has 3 nitrogen and oxygen atoms in total. The molecule has 0 unspecified atom stereocenters. The Bertz CT molecular complexity index is 194. The van der Waals surface area contributed by atoms with Crippen LogP contribution in [0, 0.1) is 0 Å². The van der Waals surface area contributed by atoms with E-state index in [-0.39, 0.29) is 12.4 Å². The highest BCUT2D eigenvalue weighted by Gasteiger charge is 1.89. The predicted octanol–water partition coefficient (Wildman–Crippen LogP) is -2.76. The van der Waals surface area contributed by atoms with Crippen LogP contribution < -0.4 is 23.0 Å². The van der Waals surface area contributed by atoms with Gasteiger partial charge >= 0.3 is 0 Å². The van der Waals surface area contributed by atoms with Crippen molar-refractivity contribution in [2.75, 3.05) is 13.2 Å². The van der Waals surface area contributed by atoms with Gasteiger partial charge in [-0.05, 0) is 12.1 Å². The van der Waals surface area contributed by atoms with Crippen molar-refractivity contribution in [1.29, 1.82) is 0 Å². The van der Waals surface area contributed by atoms with E-state index >= 15 is 0 Å². The zero-order chi connectivity index (χ0) is 7.94. The van der Waals surface area contributed by atoms with Gasteiger partial charge in [0.1, 0.15) is 19.0 Å². The minimum atomic E-state index is 0. The van der Waals surface area contributed by atoms with Crippen molar-refractivity contribution in [1.82, 2.24) is 0 Å². The maximum atomic E-state index is 5.28. The van der Waals surface area contributed by atoms with Gasteiger partial charge in [-0.2, -0.15) is 0 Å². The summed E-state index contributed by atoms with van der Waals surface area (Å²) in [5, 5.41) is 0. The number of hydrogen-bond acceptors (Lipinski definition) is 2. The maximum absolute atomic E-state index is 5.28. The van der Waals surface area contributed by atoms with Crippen LogP contribution in [0.5, 0.6) is 5.75 Å². The highest BCUT2D eigenvalue weighted by molar-refractivity contribution is 5.20. The van der Waals surface area contributed by atoms with Gasteiger partial charge in [0, 0.05) is 0 Å². The minimum Gasteiger partial charge on any atom is -1.00 e. The lowest BCUT2D eigenvalue weighted by Gasteiger charge is -2.02. The van der Waals surface area contributed by atoms with Crippen LogP contribution in [0.2, 0.25) is 0 Å². The first kappa shape index (κ1) is 11.2. The first-order valence-corrected chi connectivity index (χ1v) is 3.48. The van der Waals surface area contributed by atoms with E-state index in [0.29, 0.717) is 13.2 Å². The van der Waals surface area contributed by atoms with E-state index in [4.69, 9.17) is 4.74 Å². The molecule has 0 saturated heterocycles. The van der Waals surface area contributed by atoms with E-state index in [0.717, 1.165) is 5.75 Å². The molecule has 0 aliphatic heterocycles. The Morgan fingerprint density at radius 3 is 2.33 bits per heavy atom. The smallest absolute Gasteiger partial charge is 0.140 e. The van der Waals surface area contributed by atoms with Gasteiger partial charge in [-0.15, -0.1) is 0 Å². The van der Waals surface area contributed by atoms with E-state index < -0.39 is 0 Å². The van der Waals surface area contributed by atoms with Crippen LogP contribution in [0.3, 0.4) is 0 Å². The molecule has 1 aromatic carbocycles. The summed E-state index contributed by atoms with van der Waals surface area (Å²) in [6.45, 7) is 1.07. The second-order valence-corrected chi connectivity index (χ2v) is 2.07. The van der Waals surface area contributed by atoms with Crippen molar-refractivity contribution >= 4 is 0 Å². The molecule has 0 aromatic heterocycles. The molecule has 0 aliphatic rings. The number of benzene rings is 1.